The molecule has 4 N–H and O–H groups in total. The molecule has 33 heavy (non-hydrogen) atoms. The Kier molecular flexibility index (Phi) is 5.49. The van der Waals surface area contributed by atoms with Gasteiger partial charge in [-0.2, -0.15) is 0 Å². The fourth-order valence-electron chi connectivity index (χ4n) is 5.71. The summed E-state index contributed by atoms with van der Waals surface area (Å²) in [7, 11) is 0. The standard InChI is InChI=1S/C23H28N6O4/c1-12-19(24)20(21(12)30)28-5-4-14-3-2-13(6-15(14)10-28)8-26-22(31)16-7-17(23(32)33)29-11-25-9-18(29)27-16/h7,9,11,13-15,19-20H,1-6,8,10,24H2,(H,26,31)(H,32,33). The number of amides is 1. The molecular formula is C23H28N6O4. The predicted molar refractivity (Wildman–Crippen MR) is 119 cm³/mol. The zero-order valence-electron chi connectivity index (χ0n) is 18.3. The highest BCUT2D eigenvalue weighted by molar-refractivity contribution is 6.08. The van der Waals surface area contributed by atoms with Gasteiger partial charge in [-0.15, -0.1) is 0 Å². The first kappa shape index (κ1) is 21.7. The van der Waals surface area contributed by atoms with Gasteiger partial charge in [-0.3, -0.25) is 18.9 Å². The third-order valence-corrected chi connectivity index (χ3v) is 7.62. The number of imidazole rings is 1. The number of aromatic carboxylic acids is 1. The Hall–Kier alpha value is -3.11. The van der Waals surface area contributed by atoms with Gasteiger partial charge in [0.05, 0.1) is 18.3 Å². The molecule has 10 heteroatoms. The van der Waals surface area contributed by atoms with Crippen molar-refractivity contribution in [3.8, 4) is 0 Å². The van der Waals surface area contributed by atoms with Crippen molar-refractivity contribution in [3.05, 3.63) is 42.1 Å². The number of carbonyl (C=O) groups is 3. The molecule has 5 unspecified atom stereocenters. The third kappa shape index (κ3) is 3.83. The summed E-state index contributed by atoms with van der Waals surface area (Å²) >= 11 is 0. The van der Waals surface area contributed by atoms with Crippen molar-refractivity contribution >= 4 is 23.3 Å². The van der Waals surface area contributed by atoms with Crippen LogP contribution in [0.1, 0.15) is 46.7 Å². The molecule has 1 aliphatic heterocycles. The zero-order chi connectivity index (χ0) is 23.3. The van der Waals surface area contributed by atoms with Crippen LogP contribution in [-0.2, 0) is 4.79 Å². The number of rotatable bonds is 5. The van der Waals surface area contributed by atoms with Gasteiger partial charge >= 0.3 is 5.97 Å². The van der Waals surface area contributed by atoms with E-state index in [1.807, 2.05) is 0 Å². The molecule has 0 radical (unpaired) electrons. The first-order chi connectivity index (χ1) is 15.8. The van der Waals surface area contributed by atoms with Crippen molar-refractivity contribution in [1.82, 2.24) is 24.6 Å². The molecule has 0 aromatic carbocycles. The molecule has 3 heterocycles. The number of hydrogen-bond donors (Lipinski definition) is 3. The van der Waals surface area contributed by atoms with Crippen LogP contribution in [0.15, 0.2) is 30.7 Å². The van der Waals surface area contributed by atoms with Crippen LogP contribution in [0.25, 0.3) is 5.65 Å². The van der Waals surface area contributed by atoms with E-state index in [9.17, 15) is 19.5 Å². The van der Waals surface area contributed by atoms with Gasteiger partial charge in [0.15, 0.2) is 11.4 Å². The normalized spacial score (nSPS) is 30.0. The number of fused-ring (bicyclic) bond motifs is 2. The maximum absolute atomic E-state index is 12.7. The fourth-order valence-corrected chi connectivity index (χ4v) is 5.71. The molecule has 5 atom stereocenters. The smallest absolute Gasteiger partial charge is 0.353 e. The second kappa shape index (κ2) is 8.35. The van der Waals surface area contributed by atoms with Crippen LogP contribution < -0.4 is 11.1 Å². The van der Waals surface area contributed by atoms with Crippen LogP contribution in [-0.4, -0.2) is 73.8 Å². The number of hydrogen-bond acceptors (Lipinski definition) is 7. The topological polar surface area (TPSA) is 143 Å². The summed E-state index contributed by atoms with van der Waals surface area (Å²) in [5.41, 5.74) is 6.97. The van der Waals surface area contributed by atoms with Gasteiger partial charge in [-0.25, -0.2) is 14.8 Å². The van der Waals surface area contributed by atoms with E-state index < -0.39 is 11.9 Å². The number of nitrogens with two attached hydrogens (primary N) is 1. The van der Waals surface area contributed by atoms with Crippen LogP contribution in [0.4, 0.5) is 0 Å². The summed E-state index contributed by atoms with van der Waals surface area (Å²) in [6, 6.07) is 0.783. The zero-order valence-corrected chi connectivity index (χ0v) is 18.3. The van der Waals surface area contributed by atoms with E-state index in [1.165, 1.54) is 23.0 Å². The molecule has 3 aliphatic rings. The molecule has 3 fully saturated rings. The molecule has 5 rings (SSSR count). The minimum Gasteiger partial charge on any atom is -0.477 e. The van der Waals surface area contributed by atoms with Gasteiger partial charge in [0.1, 0.15) is 17.7 Å². The summed E-state index contributed by atoms with van der Waals surface area (Å²) in [6.07, 6.45) is 6.98. The second-order valence-electron chi connectivity index (χ2n) is 9.51. The average Bonchev–Trinajstić information content (AvgIpc) is 3.30. The molecule has 0 spiro atoms. The van der Waals surface area contributed by atoms with Crippen molar-refractivity contribution in [2.45, 2.75) is 37.8 Å². The Morgan fingerprint density at radius 3 is 2.85 bits per heavy atom. The average molecular weight is 453 g/mol. The van der Waals surface area contributed by atoms with E-state index in [2.05, 4.69) is 26.8 Å². The number of ketones is 1. The Morgan fingerprint density at radius 1 is 1.27 bits per heavy atom. The number of carbonyl (C=O) groups excluding carboxylic acids is 2. The minimum absolute atomic E-state index is 0.0584. The molecule has 0 bridgehead atoms. The van der Waals surface area contributed by atoms with Crippen LogP contribution >= 0.6 is 0 Å². The lowest BCUT2D eigenvalue weighted by Crippen LogP contribution is -2.65. The highest BCUT2D eigenvalue weighted by Gasteiger charge is 2.47. The number of carboxylic acid groups (broad SMARTS) is 1. The molecule has 1 saturated heterocycles. The van der Waals surface area contributed by atoms with Crippen LogP contribution in [0.5, 0.6) is 0 Å². The third-order valence-electron chi connectivity index (χ3n) is 7.62. The summed E-state index contributed by atoms with van der Waals surface area (Å²) < 4.78 is 1.34. The van der Waals surface area contributed by atoms with E-state index >= 15 is 0 Å². The first-order valence-corrected chi connectivity index (χ1v) is 11.4. The molecule has 1 amide bonds. The van der Waals surface area contributed by atoms with Gasteiger partial charge in [0, 0.05) is 24.7 Å². The quantitative estimate of drug-likeness (QED) is 0.564. The SMILES string of the molecule is C=C1C(=O)C(N2CCC3CCC(CNC(=O)c4cc(C(=O)O)n5cncc5n4)CC3C2)C1N. The molecule has 2 aliphatic carbocycles. The van der Waals surface area contributed by atoms with Gasteiger partial charge in [-0.1, -0.05) is 6.58 Å². The monoisotopic (exact) mass is 452 g/mol. The Balaban J connectivity index is 1.20. The maximum Gasteiger partial charge on any atom is 0.353 e. The first-order valence-electron chi connectivity index (χ1n) is 11.4. The fraction of sp³-hybridized carbons (Fsp3) is 0.522. The number of nitrogens with one attached hydrogen (secondary N) is 1. The number of carboxylic acids is 1. The molecule has 2 aromatic heterocycles. The summed E-state index contributed by atoms with van der Waals surface area (Å²) in [5, 5.41) is 12.4. The number of likely N-dealkylation sites (tertiary alicyclic amines) is 1. The van der Waals surface area contributed by atoms with Gasteiger partial charge in [-0.05, 0) is 50.0 Å². The number of piperidine rings is 1. The Labute approximate surface area is 190 Å². The molecular weight excluding hydrogens is 424 g/mol. The molecule has 174 valence electrons. The number of nitrogens with zero attached hydrogens (tertiary/aromatic N) is 4. The van der Waals surface area contributed by atoms with E-state index in [1.54, 1.807) is 0 Å². The predicted octanol–water partition coefficient (Wildman–Crippen LogP) is 0.730. The van der Waals surface area contributed by atoms with E-state index in [0.29, 0.717) is 35.5 Å². The minimum atomic E-state index is -1.15. The van der Waals surface area contributed by atoms with E-state index in [0.717, 1.165) is 38.8 Å². The summed E-state index contributed by atoms with van der Waals surface area (Å²) in [6.45, 7) is 6.03. The van der Waals surface area contributed by atoms with Crippen molar-refractivity contribution < 1.29 is 19.5 Å². The number of Topliss-reactive ketones (excluding diaryl/α,β-unsaturated/α-hetero) is 1. The van der Waals surface area contributed by atoms with E-state index in [4.69, 9.17) is 5.73 Å². The Bertz CT molecular complexity index is 1140. The summed E-state index contributed by atoms with van der Waals surface area (Å²) in [5.74, 6) is -0.0199. The van der Waals surface area contributed by atoms with E-state index in [-0.39, 0.29) is 29.3 Å². The van der Waals surface area contributed by atoms with Gasteiger partial charge < -0.3 is 16.2 Å². The lowest BCUT2D eigenvalue weighted by molar-refractivity contribution is -0.128. The van der Waals surface area contributed by atoms with Crippen molar-refractivity contribution in [2.24, 2.45) is 23.5 Å². The van der Waals surface area contributed by atoms with Gasteiger partial charge in [0.2, 0.25) is 0 Å². The lowest BCUT2D eigenvalue weighted by Gasteiger charge is -2.49. The van der Waals surface area contributed by atoms with Gasteiger partial charge in [0.25, 0.3) is 5.91 Å². The molecule has 2 aromatic rings. The lowest BCUT2D eigenvalue weighted by atomic mass is 9.69. The highest BCUT2D eigenvalue weighted by atomic mass is 16.4. The summed E-state index contributed by atoms with van der Waals surface area (Å²) in [4.78, 5) is 46.9. The molecule has 10 nitrogen and oxygen atoms in total. The second-order valence-corrected chi connectivity index (χ2v) is 9.51. The largest absolute Gasteiger partial charge is 0.477 e. The van der Waals surface area contributed by atoms with Crippen LogP contribution in [0, 0.1) is 17.8 Å². The van der Waals surface area contributed by atoms with Crippen LogP contribution in [0.3, 0.4) is 0 Å². The maximum atomic E-state index is 12.7. The Morgan fingerprint density at radius 2 is 2.09 bits per heavy atom. The van der Waals surface area contributed by atoms with Crippen molar-refractivity contribution in [2.75, 3.05) is 19.6 Å². The van der Waals surface area contributed by atoms with Crippen molar-refractivity contribution in [3.63, 3.8) is 0 Å². The number of aromatic nitrogens is 3. The highest BCUT2D eigenvalue weighted by Crippen LogP contribution is 2.40. The molecule has 2 saturated carbocycles. The van der Waals surface area contributed by atoms with Crippen LogP contribution in [0.2, 0.25) is 0 Å². The van der Waals surface area contributed by atoms with Crippen molar-refractivity contribution in [1.29, 1.82) is 0 Å².